The molecule has 4 heterocycles. The first-order valence-corrected chi connectivity index (χ1v) is 11.0. The van der Waals surface area contributed by atoms with Crippen LogP contribution >= 0.6 is 0 Å². The van der Waals surface area contributed by atoms with Crippen molar-refractivity contribution in [1.29, 1.82) is 0 Å². The SMILES string of the molecule is Cc1cc2cc(n1)-c1cnn(C)c1OCC[C@H](O)[C@@H](C)CN1/C(=N/C2=O)Nc2ccccc21. The van der Waals surface area contributed by atoms with Gasteiger partial charge in [-0.15, -0.1) is 0 Å². The molecular formula is C24H26N6O3. The first-order chi connectivity index (χ1) is 15.9. The Balaban J connectivity index is 1.62. The Bertz CT molecular complexity index is 1250. The summed E-state index contributed by atoms with van der Waals surface area (Å²) in [5, 5.41) is 18.4. The third-order valence-corrected chi connectivity index (χ3v) is 6.04. The molecule has 9 nitrogen and oxygen atoms in total. The molecule has 1 aromatic carbocycles. The molecule has 1 amide bonds. The zero-order chi connectivity index (χ0) is 23.1. The molecule has 0 spiro atoms. The van der Waals surface area contributed by atoms with Gasteiger partial charge in [-0.25, -0.2) is 4.68 Å². The average molecular weight is 447 g/mol. The minimum atomic E-state index is -0.599. The highest BCUT2D eigenvalue weighted by molar-refractivity contribution is 6.19. The van der Waals surface area contributed by atoms with Crippen molar-refractivity contribution in [1.82, 2.24) is 14.8 Å². The van der Waals surface area contributed by atoms with E-state index in [-0.39, 0.29) is 11.8 Å². The summed E-state index contributed by atoms with van der Waals surface area (Å²) in [6.45, 7) is 4.64. The van der Waals surface area contributed by atoms with Crippen LogP contribution in [-0.4, -0.2) is 51.0 Å². The van der Waals surface area contributed by atoms with Crippen molar-refractivity contribution in [2.75, 3.05) is 23.4 Å². The van der Waals surface area contributed by atoms with Crippen LogP contribution < -0.4 is 15.0 Å². The number of hydrogen-bond donors (Lipinski definition) is 2. The number of benzene rings is 1. The molecule has 2 N–H and O–H groups in total. The number of nitrogens with zero attached hydrogens (tertiary/aromatic N) is 5. The van der Waals surface area contributed by atoms with Crippen molar-refractivity contribution in [3.8, 4) is 17.1 Å². The van der Waals surface area contributed by atoms with Crippen LogP contribution in [0.2, 0.25) is 0 Å². The van der Waals surface area contributed by atoms with Gasteiger partial charge in [0.15, 0.2) is 0 Å². The summed E-state index contributed by atoms with van der Waals surface area (Å²) < 4.78 is 7.65. The molecule has 0 unspecified atom stereocenters. The number of hydrogen-bond acceptors (Lipinski definition) is 7. The number of para-hydroxylation sites is 2. The molecule has 170 valence electrons. The number of aryl methyl sites for hydroxylation is 2. The predicted molar refractivity (Wildman–Crippen MR) is 126 cm³/mol. The third-order valence-electron chi connectivity index (χ3n) is 6.04. The molecule has 2 aliphatic heterocycles. The van der Waals surface area contributed by atoms with Crippen molar-refractivity contribution in [3.05, 3.63) is 53.9 Å². The maximum absolute atomic E-state index is 13.2. The largest absolute Gasteiger partial charge is 0.477 e. The van der Waals surface area contributed by atoms with Crippen molar-refractivity contribution >= 4 is 23.2 Å². The van der Waals surface area contributed by atoms with Gasteiger partial charge < -0.3 is 20.1 Å². The van der Waals surface area contributed by atoms with E-state index in [2.05, 4.69) is 20.4 Å². The smallest absolute Gasteiger partial charge is 0.280 e. The fourth-order valence-corrected chi connectivity index (χ4v) is 4.22. The highest BCUT2D eigenvalue weighted by atomic mass is 16.5. The molecule has 2 atom stereocenters. The molecule has 2 aromatic heterocycles. The van der Waals surface area contributed by atoms with Crippen molar-refractivity contribution in [2.24, 2.45) is 18.0 Å². The molecule has 0 saturated heterocycles. The van der Waals surface area contributed by atoms with Crippen LogP contribution in [-0.2, 0) is 7.05 Å². The second-order valence-corrected chi connectivity index (χ2v) is 8.54. The van der Waals surface area contributed by atoms with Gasteiger partial charge in [0.05, 0.1) is 41.5 Å². The number of fused-ring (bicyclic) bond motifs is 7. The zero-order valence-electron chi connectivity index (χ0n) is 18.8. The lowest BCUT2D eigenvalue weighted by Gasteiger charge is -2.26. The number of ether oxygens (including phenoxy) is 1. The Kier molecular flexibility index (Phi) is 5.33. The third kappa shape index (κ3) is 3.95. The molecule has 2 aliphatic rings. The number of anilines is 2. The van der Waals surface area contributed by atoms with Gasteiger partial charge in [-0.3, -0.25) is 9.78 Å². The fourth-order valence-electron chi connectivity index (χ4n) is 4.22. The van der Waals surface area contributed by atoms with E-state index in [0.717, 1.165) is 11.4 Å². The highest BCUT2D eigenvalue weighted by Gasteiger charge is 2.29. The molecule has 9 heteroatoms. The lowest BCUT2D eigenvalue weighted by Crippen LogP contribution is -2.38. The molecule has 0 radical (unpaired) electrons. The van der Waals surface area contributed by atoms with Gasteiger partial charge >= 0.3 is 0 Å². The van der Waals surface area contributed by atoms with E-state index in [9.17, 15) is 9.90 Å². The number of nitrogens with one attached hydrogen (secondary N) is 1. The molecule has 3 aromatic rings. The molecule has 0 aliphatic carbocycles. The number of pyridine rings is 1. The topological polar surface area (TPSA) is 105 Å². The fraction of sp³-hybridized carbons (Fsp3) is 0.333. The van der Waals surface area contributed by atoms with Crippen LogP contribution in [0.25, 0.3) is 11.3 Å². The van der Waals surface area contributed by atoms with Crippen LogP contribution in [0.1, 0.15) is 29.4 Å². The van der Waals surface area contributed by atoms with E-state index in [1.807, 2.05) is 43.0 Å². The number of amides is 1. The van der Waals surface area contributed by atoms with Crippen molar-refractivity contribution < 1.29 is 14.6 Å². The monoisotopic (exact) mass is 446 g/mol. The Labute approximate surface area is 191 Å². The first-order valence-electron chi connectivity index (χ1n) is 11.0. The number of carbonyl (C=O) groups is 1. The number of guanidine groups is 1. The molecule has 2 bridgehead atoms. The maximum atomic E-state index is 13.2. The normalized spacial score (nSPS) is 22.0. The van der Waals surface area contributed by atoms with Gasteiger partial charge in [-0.05, 0) is 31.2 Å². The number of aromatic nitrogens is 3. The first kappa shape index (κ1) is 21.1. The Morgan fingerprint density at radius 1 is 1.24 bits per heavy atom. The summed E-state index contributed by atoms with van der Waals surface area (Å²) in [5.41, 5.74) is 4.20. The standard InChI is InChI=1S/C24H26N6O3/c1-14-13-30-20-7-5-4-6-18(20)27-24(30)28-22(32)16-10-15(2)26-19(11-16)17-12-25-29(3)23(17)33-9-8-21(14)31/h4-7,10-12,14,21,31H,8-9,13H2,1-3H3,(H,27,28,32)/t14-,21-/m0/s1. The summed E-state index contributed by atoms with van der Waals surface area (Å²) in [6.07, 6.45) is 1.52. The van der Waals surface area contributed by atoms with E-state index >= 15 is 0 Å². The van der Waals surface area contributed by atoms with Crippen molar-refractivity contribution in [3.63, 3.8) is 0 Å². The van der Waals surface area contributed by atoms with Crippen LogP contribution in [0.3, 0.4) is 0 Å². The van der Waals surface area contributed by atoms with E-state index < -0.39 is 6.10 Å². The highest BCUT2D eigenvalue weighted by Crippen LogP contribution is 2.34. The summed E-state index contributed by atoms with van der Waals surface area (Å²) >= 11 is 0. The molecule has 0 fully saturated rings. The Morgan fingerprint density at radius 3 is 2.91 bits per heavy atom. The zero-order valence-corrected chi connectivity index (χ0v) is 18.8. The molecular weight excluding hydrogens is 420 g/mol. The van der Waals surface area contributed by atoms with Crippen LogP contribution in [0.4, 0.5) is 11.4 Å². The number of aliphatic hydroxyl groups is 1. The molecule has 5 rings (SSSR count). The predicted octanol–water partition coefficient (Wildman–Crippen LogP) is 3.00. The van der Waals surface area contributed by atoms with Gasteiger partial charge in [-0.2, -0.15) is 10.1 Å². The van der Waals surface area contributed by atoms with Gasteiger partial charge in [0.25, 0.3) is 5.91 Å². The summed E-state index contributed by atoms with van der Waals surface area (Å²) in [4.78, 5) is 24.2. The summed E-state index contributed by atoms with van der Waals surface area (Å²) in [7, 11) is 1.79. The second-order valence-electron chi connectivity index (χ2n) is 8.54. The number of aliphatic imine (C=N–C) groups is 1. The van der Waals surface area contributed by atoms with Gasteiger partial charge in [0.1, 0.15) is 0 Å². The van der Waals surface area contributed by atoms with Crippen molar-refractivity contribution in [2.45, 2.75) is 26.4 Å². The van der Waals surface area contributed by atoms with Gasteiger partial charge in [0.2, 0.25) is 11.8 Å². The maximum Gasteiger partial charge on any atom is 0.280 e. The lowest BCUT2D eigenvalue weighted by molar-refractivity contribution is 0.0922. The summed E-state index contributed by atoms with van der Waals surface area (Å²) in [5.74, 6) is 0.521. The van der Waals surface area contributed by atoms with Gasteiger partial charge in [-0.1, -0.05) is 19.1 Å². The minimum absolute atomic E-state index is 0.0945. The van der Waals surface area contributed by atoms with Crippen LogP contribution in [0, 0.1) is 12.8 Å². The minimum Gasteiger partial charge on any atom is -0.477 e. The number of rotatable bonds is 0. The number of aliphatic hydroxyl groups excluding tert-OH is 1. The second kappa shape index (κ2) is 8.32. The van der Waals surface area contributed by atoms with Crippen LogP contribution in [0.5, 0.6) is 5.88 Å². The van der Waals surface area contributed by atoms with E-state index in [1.54, 1.807) is 30.1 Å². The van der Waals surface area contributed by atoms with E-state index in [1.165, 1.54) is 0 Å². The molecule has 33 heavy (non-hydrogen) atoms. The van der Waals surface area contributed by atoms with Crippen LogP contribution in [0.15, 0.2) is 47.6 Å². The Hall–Kier alpha value is -3.72. The van der Waals surface area contributed by atoms with E-state index in [4.69, 9.17) is 4.74 Å². The van der Waals surface area contributed by atoms with E-state index in [0.29, 0.717) is 53.9 Å². The molecule has 0 saturated carbocycles. The quantitative estimate of drug-likeness (QED) is 0.547. The Morgan fingerprint density at radius 2 is 2.06 bits per heavy atom. The average Bonchev–Trinajstić information content (AvgIpc) is 3.33. The number of carbonyl (C=O) groups excluding carboxylic acids is 1. The van der Waals surface area contributed by atoms with Gasteiger partial charge in [0, 0.05) is 37.2 Å². The summed E-state index contributed by atoms with van der Waals surface area (Å²) in [6, 6.07) is 11.2. The lowest BCUT2D eigenvalue weighted by atomic mass is 10.0.